The minimum atomic E-state index is 0.103. The summed E-state index contributed by atoms with van der Waals surface area (Å²) >= 11 is 0. The fourth-order valence-corrected chi connectivity index (χ4v) is 2.16. The first-order valence-electron chi connectivity index (χ1n) is 6.57. The summed E-state index contributed by atoms with van der Waals surface area (Å²) in [5.74, 6) is 1.59. The van der Waals surface area contributed by atoms with Crippen LogP contribution in [-0.4, -0.2) is 26.0 Å². The van der Waals surface area contributed by atoms with Crippen LogP contribution in [-0.2, 0) is 4.79 Å². The summed E-state index contributed by atoms with van der Waals surface area (Å²) in [7, 11) is 1.90. The summed E-state index contributed by atoms with van der Waals surface area (Å²) in [5, 5.41) is 6.16. The van der Waals surface area contributed by atoms with Crippen LogP contribution in [0.5, 0.6) is 0 Å². The van der Waals surface area contributed by atoms with Gasteiger partial charge in [0.05, 0.1) is 5.92 Å². The molecule has 0 saturated heterocycles. The molecule has 0 aromatic heterocycles. The average Bonchev–Trinajstić information content (AvgIpc) is 2.17. The molecule has 1 saturated carbocycles. The van der Waals surface area contributed by atoms with Crippen molar-refractivity contribution in [2.24, 2.45) is 17.8 Å². The van der Waals surface area contributed by atoms with E-state index in [4.69, 9.17) is 0 Å². The van der Waals surface area contributed by atoms with E-state index in [1.807, 2.05) is 7.05 Å². The van der Waals surface area contributed by atoms with Gasteiger partial charge in [0.1, 0.15) is 0 Å². The molecule has 1 unspecified atom stereocenters. The Morgan fingerprint density at radius 2 is 2.06 bits per heavy atom. The number of hydrogen-bond acceptors (Lipinski definition) is 2. The van der Waals surface area contributed by atoms with Crippen LogP contribution in [0.2, 0.25) is 0 Å². The van der Waals surface area contributed by atoms with Crippen LogP contribution >= 0.6 is 0 Å². The van der Waals surface area contributed by atoms with Crippen molar-refractivity contribution in [1.29, 1.82) is 0 Å². The third kappa shape index (κ3) is 4.12. The maximum Gasteiger partial charge on any atom is 0.224 e. The van der Waals surface area contributed by atoms with Crippen LogP contribution in [0.4, 0.5) is 0 Å². The van der Waals surface area contributed by atoms with Crippen molar-refractivity contribution in [3.05, 3.63) is 0 Å². The van der Waals surface area contributed by atoms with E-state index in [0.717, 1.165) is 25.4 Å². The minimum Gasteiger partial charge on any atom is -0.356 e. The number of amides is 1. The smallest absolute Gasteiger partial charge is 0.224 e. The molecule has 0 bridgehead atoms. The van der Waals surface area contributed by atoms with Gasteiger partial charge in [-0.05, 0) is 25.3 Å². The van der Waals surface area contributed by atoms with Crippen molar-refractivity contribution < 1.29 is 4.79 Å². The molecule has 2 N–H and O–H groups in total. The lowest BCUT2D eigenvalue weighted by Gasteiger charge is -2.26. The normalized spacial score (nSPS) is 18.2. The van der Waals surface area contributed by atoms with Gasteiger partial charge in [0.25, 0.3) is 0 Å². The van der Waals surface area contributed by atoms with Gasteiger partial charge in [0.2, 0.25) is 5.91 Å². The fourth-order valence-electron chi connectivity index (χ4n) is 2.16. The lowest BCUT2D eigenvalue weighted by molar-refractivity contribution is -0.126. The fraction of sp³-hybridized carbons (Fsp3) is 0.923. The van der Waals surface area contributed by atoms with Crippen molar-refractivity contribution in [2.45, 2.75) is 39.5 Å². The summed E-state index contributed by atoms with van der Waals surface area (Å²) in [6.45, 7) is 5.84. The van der Waals surface area contributed by atoms with E-state index in [-0.39, 0.29) is 11.8 Å². The molecule has 0 aliphatic heterocycles. The van der Waals surface area contributed by atoms with Gasteiger partial charge in [-0.3, -0.25) is 4.79 Å². The van der Waals surface area contributed by atoms with Gasteiger partial charge >= 0.3 is 0 Å². The van der Waals surface area contributed by atoms with E-state index in [9.17, 15) is 4.79 Å². The van der Waals surface area contributed by atoms with Crippen molar-refractivity contribution in [3.63, 3.8) is 0 Å². The van der Waals surface area contributed by atoms with E-state index in [2.05, 4.69) is 24.5 Å². The zero-order valence-electron chi connectivity index (χ0n) is 10.9. The Labute approximate surface area is 99.4 Å². The lowest BCUT2D eigenvalue weighted by Crippen LogP contribution is -2.39. The largest absolute Gasteiger partial charge is 0.356 e. The molecule has 1 fully saturated rings. The molecule has 3 heteroatoms. The van der Waals surface area contributed by atoms with Crippen LogP contribution < -0.4 is 10.6 Å². The molecule has 1 rings (SSSR count). The maximum atomic E-state index is 11.9. The second-order valence-corrected chi connectivity index (χ2v) is 5.28. The molecule has 1 atom stereocenters. The van der Waals surface area contributed by atoms with Crippen LogP contribution in [0.1, 0.15) is 39.5 Å². The number of carbonyl (C=O) groups is 1. The third-order valence-electron chi connectivity index (χ3n) is 3.64. The Hall–Kier alpha value is -0.570. The summed E-state index contributed by atoms with van der Waals surface area (Å²) < 4.78 is 0. The average molecular weight is 226 g/mol. The van der Waals surface area contributed by atoms with Gasteiger partial charge in [-0.15, -0.1) is 0 Å². The highest BCUT2D eigenvalue weighted by molar-refractivity contribution is 5.79. The molecule has 3 nitrogen and oxygen atoms in total. The predicted octanol–water partition coefficient (Wildman–Crippen LogP) is 1.78. The second-order valence-electron chi connectivity index (χ2n) is 5.28. The van der Waals surface area contributed by atoms with Gasteiger partial charge in [0.15, 0.2) is 0 Å². The molecule has 0 spiro atoms. The van der Waals surface area contributed by atoms with Crippen LogP contribution in [0, 0.1) is 17.8 Å². The highest BCUT2D eigenvalue weighted by atomic mass is 16.1. The van der Waals surface area contributed by atoms with Crippen molar-refractivity contribution in [1.82, 2.24) is 10.6 Å². The van der Waals surface area contributed by atoms with Gasteiger partial charge in [0, 0.05) is 13.1 Å². The Morgan fingerprint density at radius 1 is 1.38 bits per heavy atom. The number of rotatable bonds is 7. The SMILES string of the molecule is CNCC(C(=O)NCCC1CCC1)C(C)C. The summed E-state index contributed by atoms with van der Waals surface area (Å²) in [4.78, 5) is 11.9. The molecular formula is C13H26N2O. The van der Waals surface area contributed by atoms with Crippen molar-refractivity contribution in [2.75, 3.05) is 20.1 Å². The first-order valence-corrected chi connectivity index (χ1v) is 6.57. The Bertz CT molecular complexity index is 212. The van der Waals surface area contributed by atoms with Gasteiger partial charge in [-0.1, -0.05) is 33.1 Å². The zero-order valence-corrected chi connectivity index (χ0v) is 10.9. The zero-order chi connectivity index (χ0) is 12.0. The predicted molar refractivity (Wildman–Crippen MR) is 67.2 cm³/mol. The van der Waals surface area contributed by atoms with Crippen LogP contribution in [0.3, 0.4) is 0 Å². The Morgan fingerprint density at radius 3 is 2.50 bits per heavy atom. The topological polar surface area (TPSA) is 41.1 Å². The molecule has 0 heterocycles. The third-order valence-corrected chi connectivity index (χ3v) is 3.64. The monoisotopic (exact) mass is 226 g/mol. The molecule has 94 valence electrons. The lowest BCUT2D eigenvalue weighted by atomic mass is 9.83. The summed E-state index contributed by atoms with van der Waals surface area (Å²) in [6, 6.07) is 0. The molecule has 1 amide bonds. The first-order chi connectivity index (χ1) is 7.65. The molecule has 1 aliphatic carbocycles. The van der Waals surface area contributed by atoms with Gasteiger partial charge < -0.3 is 10.6 Å². The highest BCUT2D eigenvalue weighted by Gasteiger charge is 2.22. The Balaban J connectivity index is 2.19. The van der Waals surface area contributed by atoms with E-state index < -0.39 is 0 Å². The standard InChI is InChI=1S/C13H26N2O/c1-10(2)12(9-14-3)13(16)15-8-7-11-5-4-6-11/h10-12,14H,4-9H2,1-3H3,(H,15,16). The second kappa shape index (κ2) is 6.89. The number of hydrogen-bond donors (Lipinski definition) is 2. The molecule has 16 heavy (non-hydrogen) atoms. The quantitative estimate of drug-likeness (QED) is 0.695. The maximum absolute atomic E-state index is 11.9. The van der Waals surface area contributed by atoms with Crippen LogP contribution in [0.25, 0.3) is 0 Å². The van der Waals surface area contributed by atoms with Crippen molar-refractivity contribution >= 4 is 5.91 Å². The highest BCUT2D eigenvalue weighted by Crippen LogP contribution is 2.28. The van der Waals surface area contributed by atoms with Crippen molar-refractivity contribution in [3.8, 4) is 0 Å². The minimum absolute atomic E-state index is 0.103. The van der Waals surface area contributed by atoms with E-state index in [1.54, 1.807) is 0 Å². The summed E-state index contributed by atoms with van der Waals surface area (Å²) in [5.41, 5.74) is 0. The van der Waals surface area contributed by atoms with Crippen LogP contribution in [0.15, 0.2) is 0 Å². The van der Waals surface area contributed by atoms with E-state index in [1.165, 1.54) is 19.3 Å². The number of carbonyl (C=O) groups excluding carboxylic acids is 1. The first kappa shape index (κ1) is 13.5. The molecule has 0 aromatic carbocycles. The molecule has 1 aliphatic rings. The molecule has 0 aromatic rings. The number of nitrogens with one attached hydrogen (secondary N) is 2. The van der Waals surface area contributed by atoms with Gasteiger partial charge in [-0.2, -0.15) is 0 Å². The summed E-state index contributed by atoms with van der Waals surface area (Å²) in [6.07, 6.45) is 5.27. The van der Waals surface area contributed by atoms with Gasteiger partial charge in [-0.25, -0.2) is 0 Å². The van der Waals surface area contributed by atoms with E-state index >= 15 is 0 Å². The Kier molecular flexibility index (Phi) is 5.81. The molecular weight excluding hydrogens is 200 g/mol. The van der Waals surface area contributed by atoms with E-state index in [0.29, 0.717) is 5.92 Å². The molecule has 0 radical (unpaired) electrons.